The topological polar surface area (TPSA) is 50.4 Å². The summed E-state index contributed by atoms with van der Waals surface area (Å²) >= 11 is 6.12. The maximum Gasteiger partial charge on any atom is 0.131 e. The van der Waals surface area contributed by atoms with Gasteiger partial charge in [0.25, 0.3) is 0 Å². The molecule has 7 heteroatoms. The van der Waals surface area contributed by atoms with Crippen LogP contribution < -0.4 is 0 Å². The lowest BCUT2D eigenvalue weighted by molar-refractivity contribution is 0.0735. The fraction of sp³-hybridized carbons (Fsp3) is 0.296. The van der Waals surface area contributed by atoms with Crippen LogP contribution in [0.5, 0.6) is 0 Å². The number of nitrogens with zero attached hydrogens (tertiary/aromatic N) is 3. The van der Waals surface area contributed by atoms with Crippen LogP contribution in [0.15, 0.2) is 83.4 Å². The lowest BCUT2D eigenvalue weighted by atomic mass is 10.1. The van der Waals surface area contributed by atoms with Crippen molar-refractivity contribution in [3.8, 4) is 6.07 Å². The van der Waals surface area contributed by atoms with Crippen LogP contribution in [0.1, 0.15) is 30.2 Å². The lowest BCUT2D eigenvalue weighted by Gasteiger charge is -2.19. The van der Waals surface area contributed by atoms with Crippen molar-refractivity contribution in [3.63, 3.8) is 0 Å². The predicted octanol–water partition coefficient (Wildman–Crippen LogP) is 6.75. The van der Waals surface area contributed by atoms with Gasteiger partial charge >= 0.3 is 0 Å². The van der Waals surface area contributed by atoms with Crippen molar-refractivity contribution in [2.24, 2.45) is 0 Å². The molecule has 1 heterocycles. The van der Waals surface area contributed by atoms with Crippen molar-refractivity contribution in [3.05, 3.63) is 89.7 Å². The fourth-order valence-corrected chi connectivity index (χ4v) is 4.63. The van der Waals surface area contributed by atoms with Crippen LogP contribution in [-0.4, -0.2) is 29.3 Å². The van der Waals surface area contributed by atoms with Gasteiger partial charge in [0.1, 0.15) is 18.7 Å². The number of nitriles is 1. The van der Waals surface area contributed by atoms with Gasteiger partial charge in [-0.3, -0.25) is 0 Å². The molecule has 3 rings (SSSR count). The molecule has 0 radical (unpaired) electrons. The van der Waals surface area contributed by atoms with Crippen LogP contribution in [0, 0.1) is 11.3 Å². The van der Waals surface area contributed by atoms with Gasteiger partial charge in [-0.2, -0.15) is 5.26 Å². The summed E-state index contributed by atoms with van der Waals surface area (Å²) in [6, 6.07) is 18.5. The van der Waals surface area contributed by atoms with Gasteiger partial charge in [0.15, 0.2) is 0 Å². The van der Waals surface area contributed by atoms with E-state index in [0.717, 1.165) is 32.5 Å². The minimum atomic E-state index is -0.347. The van der Waals surface area contributed by atoms with Crippen LogP contribution in [0.3, 0.4) is 0 Å². The normalized spacial score (nSPS) is 13.1. The summed E-state index contributed by atoms with van der Waals surface area (Å²) in [6.45, 7) is 5.95. The summed E-state index contributed by atoms with van der Waals surface area (Å²) in [6.07, 6.45) is 8.08. The summed E-state index contributed by atoms with van der Waals surface area (Å²) in [5.74, 6) is 0. The molecule has 0 aliphatic rings. The highest BCUT2D eigenvalue weighted by Gasteiger charge is 2.17. The molecule has 0 aliphatic carbocycles. The summed E-state index contributed by atoms with van der Waals surface area (Å²) in [5.41, 5.74) is 4.23. The molecule has 0 saturated heterocycles. The Hall–Kier alpha value is -2.47. The fourth-order valence-electron chi connectivity index (χ4n) is 3.51. The summed E-state index contributed by atoms with van der Waals surface area (Å²) in [7, 11) is 1.93. The largest absolute Gasteiger partial charge is 0.361 e. The molecule has 178 valence electrons. The monoisotopic (exact) mass is 493 g/mol. The second-order valence-electron chi connectivity index (χ2n) is 7.81. The first-order chi connectivity index (χ1) is 16.5. The van der Waals surface area contributed by atoms with E-state index in [2.05, 4.69) is 18.7 Å². The van der Waals surface area contributed by atoms with Gasteiger partial charge in [0.2, 0.25) is 0 Å². The third kappa shape index (κ3) is 7.26. The molecule has 0 spiro atoms. The number of fused-ring (bicyclic) bond motifs is 1. The average Bonchev–Trinajstić information content (AvgIpc) is 3.17. The Morgan fingerprint density at radius 3 is 2.71 bits per heavy atom. The first-order valence-corrected chi connectivity index (χ1v) is 12.4. The van der Waals surface area contributed by atoms with Crippen molar-refractivity contribution in [1.82, 2.24) is 8.87 Å². The molecule has 0 amide bonds. The Morgan fingerprint density at radius 1 is 1.21 bits per heavy atom. The minimum absolute atomic E-state index is 0.347. The lowest BCUT2D eigenvalue weighted by Crippen LogP contribution is -2.15. The van der Waals surface area contributed by atoms with Crippen LogP contribution in [-0.2, 0) is 22.8 Å². The number of benzene rings is 2. The van der Waals surface area contributed by atoms with Crippen LogP contribution in [0.2, 0.25) is 0 Å². The molecule has 0 fully saturated rings. The molecular weight excluding hydrogens is 462 g/mol. The van der Waals surface area contributed by atoms with Crippen LogP contribution >= 0.6 is 24.6 Å². The van der Waals surface area contributed by atoms with Crippen molar-refractivity contribution in [1.29, 1.82) is 5.26 Å². The Bertz CT molecular complexity index is 1170. The highest BCUT2D eigenvalue weighted by Crippen LogP contribution is 2.34. The quantitative estimate of drug-likeness (QED) is 0.131. The second-order valence-corrected chi connectivity index (χ2v) is 9.59. The van der Waals surface area contributed by atoms with E-state index >= 15 is 0 Å². The van der Waals surface area contributed by atoms with Gasteiger partial charge in [-0.15, -0.1) is 12.6 Å². The molecule has 0 saturated carbocycles. The maximum absolute atomic E-state index is 9.82. The van der Waals surface area contributed by atoms with Gasteiger partial charge in [0, 0.05) is 16.5 Å². The molecular formula is C27H31N3O2S2. The molecule has 2 aromatic carbocycles. The van der Waals surface area contributed by atoms with Gasteiger partial charge in [-0.25, -0.2) is 4.31 Å². The maximum atomic E-state index is 9.82. The van der Waals surface area contributed by atoms with E-state index in [1.54, 1.807) is 0 Å². The average molecular weight is 494 g/mol. The van der Waals surface area contributed by atoms with Gasteiger partial charge in [-0.05, 0) is 49.7 Å². The Kier molecular flexibility index (Phi) is 10.3. The first-order valence-electron chi connectivity index (χ1n) is 11.1. The van der Waals surface area contributed by atoms with Crippen molar-refractivity contribution in [2.75, 3.05) is 20.4 Å². The molecule has 5 nitrogen and oxygen atoms in total. The van der Waals surface area contributed by atoms with Crippen molar-refractivity contribution in [2.45, 2.75) is 37.3 Å². The van der Waals surface area contributed by atoms with Gasteiger partial charge < -0.3 is 14.0 Å². The summed E-state index contributed by atoms with van der Waals surface area (Å²) in [5, 5.41) is 10.5. The molecule has 0 N–H and O–H groups in total. The van der Waals surface area contributed by atoms with E-state index < -0.39 is 0 Å². The highest BCUT2D eigenvalue weighted by atomic mass is 32.2. The number of ether oxygens (including phenoxy) is 2. The summed E-state index contributed by atoms with van der Waals surface area (Å²) in [4.78, 5) is 0.862. The third-order valence-electron chi connectivity index (χ3n) is 5.22. The smallest absolute Gasteiger partial charge is 0.131 e. The van der Waals surface area contributed by atoms with Gasteiger partial charge in [-0.1, -0.05) is 66.6 Å². The number of hydrogen-bond acceptors (Lipinski definition) is 6. The minimum Gasteiger partial charge on any atom is -0.361 e. The second kappa shape index (κ2) is 13.4. The van der Waals surface area contributed by atoms with Crippen LogP contribution in [0.4, 0.5) is 0 Å². The third-order valence-corrected chi connectivity index (χ3v) is 6.63. The molecule has 1 aromatic heterocycles. The number of rotatable bonds is 12. The van der Waals surface area contributed by atoms with Crippen molar-refractivity contribution >= 4 is 35.5 Å². The van der Waals surface area contributed by atoms with E-state index in [4.69, 9.17) is 9.47 Å². The Morgan fingerprint density at radius 2 is 2.00 bits per heavy atom. The van der Waals surface area contributed by atoms with E-state index in [1.807, 2.05) is 103 Å². The van der Waals surface area contributed by atoms with E-state index in [-0.39, 0.29) is 5.25 Å². The molecule has 0 aliphatic heterocycles. The zero-order chi connectivity index (χ0) is 24.3. The Labute approximate surface area is 212 Å². The van der Waals surface area contributed by atoms with E-state index in [0.29, 0.717) is 26.7 Å². The number of thiol groups is 1. The predicted molar refractivity (Wildman–Crippen MR) is 144 cm³/mol. The standard InChI is InChI=1S/C27H31N3O2S2/c1-4-9-21(5-2)17-32-20-30-16-26(33)24-14-23(12-13-25(24)30)27(15-28)34-29(3)19-31-18-22-10-7-6-8-11-22/h4-14,16,27,33H,17-20H2,1-3H3/b9-4-,21-5+. The van der Waals surface area contributed by atoms with Gasteiger partial charge in [0.05, 0.1) is 24.8 Å². The van der Waals surface area contributed by atoms with Crippen molar-refractivity contribution < 1.29 is 9.47 Å². The molecule has 1 atom stereocenters. The first kappa shape index (κ1) is 26.1. The SMILES string of the molecule is C/C=C\C(=C/C)COCn1cc(S)c2cc(C(C#N)SN(C)COCc3ccccc3)ccc21. The number of hydrogen-bond donors (Lipinski definition) is 1. The van der Waals surface area contributed by atoms with E-state index in [9.17, 15) is 5.26 Å². The molecule has 3 aromatic rings. The number of aromatic nitrogens is 1. The van der Waals surface area contributed by atoms with E-state index in [1.165, 1.54) is 11.9 Å². The molecule has 34 heavy (non-hydrogen) atoms. The zero-order valence-corrected chi connectivity index (χ0v) is 21.6. The number of allylic oxidation sites excluding steroid dienone is 2. The van der Waals surface area contributed by atoms with Crippen LogP contribution in [0.25, 0.3) is 10.9 Å². The highest BCUT2D eigenvalue weighted by molar-refractivity contribution is 7.97. The molecule has 0 bridgehead atoms. The zero-order valence-electron chi connectivity index (χ0n) is 19.8. The summed E-state index contributed by atoms with van der Waals surface area (Å²) < 4.78 is 15.7. The Balaban J connectivity index is 1.61. The molecule has 1 unspecified atom stereocenters.